The number of fused-ring (bicyclic) bond motifs is 3. The van der Waals surface area contributed by atoms with Gasteiger partial charge in [0.15, 0.2) is 11.4 Å². The van der Waals surface area contributed by atoms with Crippen LogP contribution >= 0.6 is 0 Å². The van der Waals surface area contributed by atoms with Gasteiger partial charge in [-0.1, -0.05) is 27.2 Å². The molecule has 0 fully saturated rings. The summed E-state index contributed by atoms with van der Waals surface area (Å²) >= 11 is 0. The molecule has 0 bridgehead atoms. The summed E-state index contributed by atoms with van der Waals surface area (Å²) in [4.78, 5) is 25.6. The van der Waals surface area contributed by atoms with Crippen LogP contribution < -0.4 is 15.1 Å². The number of carbonyl (C=O) groups excluding carboxylic acids is 1. The molecule has 5 heteroatoms. The SMILES string of the molecule is CCCc1cc(=O)oc2c(C(=O)C(C)CC)c(OC)c3c(c12)OC(C)(C)CC3. The van der Waals surface area contributed by atoms with Gasteiger partial charge in [-0.2, -0.15) is 0 Å². The number of methoxy groups -OCH3 is 1. The molecule has 0 aliphatic carbocycles. The molecule has 0 N–H and O–H groups in total. The normalized spacial score (nSPS) is 16.4. The van der Waals surface area contributed by atoms with Crippen LogP contribution in [-0.4, -0.2) is 18.5 Å². The average molecular weight is 386 g/mol. The van der Waals surface area contributed by atoms with E-state index in [4.69, 9.17) is 13.9 Å². The summed E-state index contributed by atoms with van der Waals surface area (Å²) in [6.07, 6.45) is 3.84. The zero-order valence-corrected chi connectivity index (χ0v) is 17.7. The summed E-state index contributed by atoms with van der Waals surface area (Å²) in [6, 6.07) is 1.53. The highest BCUT2D eigenvalue weighted by Crippen LogP contribution is 2.48. The summed E-state index contributed by atoms with van der Waals surface area (Å²) in [5.41, 5.74) is 1.65. The Morgan fingerprint density at radius 1 is 1.32 bits per heavy atom. The van der Waals surface area contributed by atoms with Gasteiger partial charge in [-0.15, -0.1) is 0 Å². The van der Waals surface area contributed by atoms with Crippen molar-refractivity contribution in [3.05, 3.63) is 33.2 Å². The molecule has 0 saturated heterocycles. The number of benzene rings is 1. The van der Waals surface area contributed by atoms with Crippen LogP contribution in [-0.2, 0) is 12.8 Å². The fourth-order valence-electron chi connectivity index (χ4n) is 3.91. The first-order chi connectivity index (χ1) is 13.2. The zero-order valence-electron chi connectivity index (χ0n) is 17.7. The molecule has 3 rings (SSSR count). The van der Waals surface area contributed by atoms with Crippen LogP contribution in [0.15, 0.2) is 15.3 Å². The molecule has 0 amide bonds. The van der Waals surface area contributed by atoms with E-state index in [9.17, 15) is 9.59 Å². The van der Waals surface area contributed by atoms with Crippen molar-refractivity contribution in [3.63, 3.8) is 0 Å². The van der Waals surface area contributed by atoms with Gasteiger partial charge in [0, 0.05) is 17.5 Å². The summed E-state index contributed by atoms with van der Waals surface area (Å²) in [6.45, 7) is 10.0. The van der Waals surface area contributed by atoms with Crippen LogP contribution in [0.3, 0.4) is 0 Å². The van der Waals surface area contributed by atoms with Crippen LogP contribution in [0.1, 0.15) is 75.4 Å². The summed E-state index contributed by atoms with van der Waals surface area (Å²) in [5.74, 6) is 0.918. The van der Waals surface area contributed by atoms with Gasteiger partial charge in [-0.3, -0.25) is 4.79 Å². The van der Waals surface area contributed by atoms with Gasteiger partial charge in [0.2, 0.25) is 0 Å². The van der Waals surface area contributed by atoms with E-state index in [0.717, 1.165) is 35.8 Å². The lowest BCUT2D eigenvalue weighted by molar-refractivity contribution is 0.0852. The number of Topliss-reactive ketones (excluding diaryl/α,β-unsaturated/α-hetero) is 1. The first-order valence-electron chi connectivity index (χ1n) is 10.2. The minimum absolute atomic E-state index is 0.0613. The van der Waals surface area contributed by atoms with Crippen LogP contribution in [0.25, 0.3) is 11.0 Å². The van der Waals surface area contributed by atoms with Crippen LogP contribution in [0.4, 0.5) is 0 Å². The van der Waals surface area contributed by atoms with Crippen molar-refractivity contribution in [2.45, 2.75) is 72.3 Å². The number of hydrogen-bond acceptors (Lipinski definition) is 5. The standard InChI is InChI=1S/C23H30O5/c1-7-9-14-12-16(24)27-22-17(14)21-15(10-11-23(4,5)28-21)20(26-6)18(22)19(25)13(3)8-2/h12-13H,7-11H2,1-6H3. The second kappa shape index (κ2) is 7.61. The van der Waals surface area contributed by atoms with Crippen LogP contribution in [0.2, 0.25) is 0 Å². The molecule has 1 aromatic heterocycles. The van der Waals surface area contributed by atoms with Gasteiger partial charge >= 0.3 is 5.63 Å². The average Bonchev–Trinajstić information content (AvgIpc) is 2.64. The Balaban J connectivity index is 2.49. The Kier molecular flexibility index (Phi) is 5.55. The molecule has 1 aliphatic rings. The number of carbonyl (C=O) groups is 1. The van der Waals surface area contributed by atoms with Crippen molar-refractivity contribution >= 4 is 16.8 Å². The molecule has 0 radical (unpaired) electrons. The van der Waals surface area contributed by atoms with E-state index in [1.165, 1.54) is 6.07 Å². The minimum atomic E-state index is -0.453. The van der Waals surface area contributed by atoms with Crippen molar-refractivity contribution in [3.8, 4) is 11.5 Å². The molecule has 2 aromatic rings. The molecule has 1 atom stereocenters. The Hall–Kier alpha value is -2.30. The maximum absolute atomic E-state index is 13.3. The second-order valence-corrected chi connectivity index (χ2v) is 8.30. The van der Waals surface area contributed by atoms with Gasteiger partial charge < -0.3 is 13.9 Å². The lowest BCUT2D eigenvalue weighted by Crippen LogP contribution is -2.33. The van der Waals surface area contributed by atoms with Crippen molar-refractivity contribution in [2.75, 3.05) is 7.11 Å². The lowest BCUT2D eigenvalue weighted by Gasteiger charge is -2.35. The minimum Gasteiger partial charge on any atom is -0.495 e. The summed E-state index contributed by atoms with van der Waals surface area (Å²) < 4.78 is 17.7. The van der Waals surface area contributed by atoms with Crippen molar-refractivity contribution < 1.29 is 18.7 Å². The second-order valence-electron chi connectivity index (χ2n) is 8.30. The maximum Gasteiger partial charge on any atom is 0.336 e. The maximum atomic E-state index is 13.3. The Morgan fingerprint density at radius 2 is 2.04 bits per heavy atom. The number of ketones is 1. The third kappa shape index (κ3) is 3.43. The van der Waals surface area contributed by atoms with Crippen molar-refractivity contribution in [2.24, 2.45) is 5.92 Å². The van der Waals surface area contributed by atoms with Crippen molar-refractivity contribution in [1.29, 1.82) is 0 Å². The van der Waals surface area contributed by atoms with E-state index < -0.39 is 5.63 Å². The smallest absolute Gasteiger partial charge is 0.336 e. The number of aryl methyl sites for hydroxylation is 1. The van der Waals surface area contributed by atoms with Gasteiger partial charge in [-0.05, 0) is 45.1 Å². The van der Waals surface area contributed by atoms with Crippen LogP contribution in [0.5, 0.6) is 11.5 Å². The van der Waals surface area contributed by atoms with E-state index in [2.05, 4.69) is 6.92 Å². The van der Waals surface area contributed by atoms with E-state index in [1.54, 1.807) is 7.11 Å². The largest absolute Gasteiger partial charge is 0.495 e. The van der Waals surface area contributed by atoms with Crippen molar-refractivity contribution in [1.82, 2.24) is 0 Å². The molecule has 1 unspecified atom stereocenters. The first-order valence-corrected chi connectivity index (χ1v) is 10.2. The molecule has 5 nitrogen and oxygen atoms in total. The van der Waals surface area contributed by atoms with E-state index in [1.807, 2.05) is 27.7 Å². The third-order valence-corrected chi connectivity index (χ3v) is 5.66. The Labute approximate surface area is 166 Å². The first kappa shape index (κ1) is 20.4. The molecule has 28 heavy (non-hydrogen) atoms. The summed E-state index contributed by atoms with van der Waals surface area (Å²) in [5, 5.41) is 0.747. The molecule has 0 spiro atoms. The van der Waals surface area contributed by atoms with Gasteiger partial charge in [-0.25, -0.2) is 4.79 Å². The highest BCUT2D eigenvalue weighted by Gasteiger charge is 2.36. The monoisotopic (exact) mass is 386 g/mol. The molecule has 1 aromatic carbocycles. The number of ether oxygens (including phenoxy) is 2. The third-order valence-electron chi connectivity index (χ3n) is 5.66. The quantitative estimate of drug-likeness (QED) is 0.511. The number of rotatable bonds is 6. The molecule has 2 heterocycles. The van der Waals surface area contributed by atoms with Gasteiger partial charge in [0.1, 0.15) is 22.7 Å². The lowest BCUT2D eigenvalue weighted by atomic mass is 9.86. The predicted molar refractivity (Wildman–Crippen MR) is 110 cm³/mol. The molecule has 1 aliphatic heterocycles. The molecular weight excluding hydrogens is 356 g/mol. The molecule has 0 saturated carbocycles. The van der Waals surface area contributed by atoms with Gasteiger partial charge in [0.05, 0.1) is 12.5 Å². The predicted octanol–water partition coefficient (Wildman–Crippen LogP) is 5.09. The van der Waals surface area contributed by atoms with E-state index in [-0.39, 0.29) is 17.3 Å². The van der Waals surface area contributed by atoms with E-state index in [0.29, 0.717) is 35.5 Å². The van der Waals surface area contributed by atoms with E-state index >= 15 is 0 Å². The summed E-state index contributed by atoms with van der Waals surface area (Å²) in [7, 11) is 1.56. The molecule has 152 valence electrons. The highest BCUT2D eigenvalue weighted by molar-refractivity contribution is 6.12. The fourth-order valence-corrected chi connectivity index (χ4v) is 3.91. The topological polar surface area (TPSA) is 65.7 Å². The Morgan fingerprint density at radius 3 is 2.64 bits per heavy atom. The fraction of sp³-hybridized carbons (Fsp3) is 0.565. The number of hydrogen-bond donors (Lipinski definition) is 0. The zero-order chi connectivity index (χ0) is 20.6. The van der Waals surface area contributed by atoms with Crippen LogP contribution in [0, 0.1) is 5.92 Å². The van der Waals surface area contributed by atoms with Gasteiger partial charge in [0.25, 0.3) is 0 Å². The molecular formula is C23H30O5. The highest BCUT2D eigenvalue weighted by atomic mass is 16.5. The Bertz CT molecular complexity index is 967.